The molecule has 0 unspecified atom stereocenters. The van der Waals surface area contributed by atoms with Gasteiger partial charge in [0.15, 0.2) is 0 Å². The molecule has 2 heterocycles. The molecular formula is C17H28N2OS. The van der Waals surface area contributed by atoms with Crippen LogP contribution in [0.3, 0.4) is 0 Å². The van der Waals surface area contributed by atoms with Crippen LogP contribution in [0.2, 0.25) is 0 Å². The molecular weight excluding hydrogens is 280 g/mol. The number of amides is 1. The summed E-state index contributed by atoms with van der Waals surface area (Å²) in [6, 6.07) is 2.15. The molecule has 1 aliphatic rings. The monoisotopic (exact) mass is 308 g/mol. The van der Waals surface area contributed by atoms with Crippen LogP contribution in [0.5, 0.6) is 0 Å². The SMILES string of the molecule is CC(C)C(CNCC(=O)N1CCc2sccc2C1)C(C)C. The predicted molar refractivity (Wildman–Crippen MR) is 89.5 cm³/mol. The van der Waals surface area contributed by atoms with Gasteiger partial charge >= 0.3 is 0 Å². The normalized spacial score (nSPS) is 15.1. The van der Waals surface area contributed by atoms with E-state index in [1.165, 1.54) is 10.4 Å². The van der Waals surface area contributed by atoms with Gasteiger partial charge in [0.1, 0.15) is 0 Å². The van der Waals surface area contributed by atoms with Crippen molar-refractivity contribution in [3.05, 3.63) is 21.9 Å². The number of carbonyl (C=O) groups excluding carboxylic acids is 1. The molecule has 1 aromatic rings. The minimum absolute atomic E-state index is 0.234. The minimum Gasteiger partial charge on any atom is -0.337 e. The van der Waals surface area contributed by atoms with E-state index >= 15 is 0 Å². The van der Waals surface area contributed by atoms with Crippen molar-refractivity contribution in [2.24, 2.45) is 17.8 Å². The van der Waals surface area contributed by atoms with Crippen LogP contribution in [0.25, 0.3) is 0 Å². The first-order valence-corrected chi connectivity index (χ1v) is 8.90. The van der Waals surface area contributed by atoms with E-state index in [9.17, 15) is 4.79 Å². The fourth-order valence-corrected chi connectivity index (χ4v) is 4.05. The summed E-state index contributed by atoms with van der Waals surface area (Å²) in [6.07, 6.45) is 1.01. The molecule has 0 aliphatic carbocycles. The summed E-state index contributed by atoms with van der Waals surface area (Å²) in [5.41, 5.74) is 1.34. The summed E-state index contributed by atoms with van der Waals surface area (Å²) in [4.78, 5) is 15.8. The van der Waals surface area contributed by atoms with E-state index in [2.05, 4.69) is 44.5 Å². The second kappa shape index (κ2) is 7.41. The molecule has 3 nitrogen and oxygen atoms in total. The molecule has 0 spiro atoms. The zero-order chi connectivity index (χ0) is 15.4. The van der Waals surface area contributed by atoms with E-state index in [0.717, 1.165) is 26.1 Å². The molecule has 0 radical (unpaired) electrons. The fourth-order valence-electron chi connectivity index (χ4n) is 3.16. The lowest BCUT2D eigenvalue weighted by atomic mass is 9.85. The quantitative estimate of drug-likeness (QED) is 0.875. The van der Waals surface area contributed by atoms with E-state index < -0.39 is 0 Å². The molecule has 0 fully saturated rings. The van der Waals surface area contributed by atoms with E-state index in [4.69, 9.17) is 0 Å². The highest BCUT2D eigenvalue weighted by molar-refractivity contribution is 7.10. The minimum atomic E-state index is 0.234. The van der Waals surface area contributed by atoms with Gasteiger partial charge < -0.3 is 10.2 Å². The third-order valence-corrected chi connectivity index (χ3v) is 5.55. The van der Waals surface area contributed by atoms with Crippen LogP contribution in [-0.4, -0.2) is 30.4 Å². The van der Waals surface area contributed by atoms with Crippen molar-refractivity contribution < 1.29 is 4.79 Å². The van der Waals surface area contributed by atoms with Gasteiger partial charge in [-0.15, -0.1) is 11.3 Å². The Bertz CT molecular complexity index is 459. The summed E-state index contributed by atoms with van der Waals surface area (Å²) in [5, 5.41) is 5.51. The summed E-state index contributed by atoms with van der Waals surface area (Å²) in [5.74, 6) is 2.16. The third kappa shape index (κ3) is 4.30. The predicted octanol–water partition coefficient (Wildman–Crippen LogP) is 3.15. The summed E-state index contributed by atoms with van der Waals surface area (Å²) < 4.78 is 0. The number of carbonyl (C=O) groups is 1. The molecule has 1 aliphatic heterocycles. The lowest BCUT2D eigenvalue weighted by Crippen LogP contribution is -2.42. The Kier molecular flexibility index (Phi) is 5.82. The number of nitrogens with zero attached hydrogens (tertiary/aromatic N) is 1. The molecule has 0 atom stereocenters. The van der Waals surface area contributed by atoms with Gasteiger partial charge in [-0.3, -0.25) is 4.79 Å². The Balaban J connectivity index is 1.78. The number of thiophene rings is 1. The van der Waals surface area contributed by atoms with Crippen LogP contribution in [0, 0.1) is 17.8 Å². The zero-order valence-electron chi connectivity index (χ0n) is 13.7. The van der Waals surface area contributed by atoms with Gasteiger partial charge in [-0.2, -0.15) is 0 Å². The van der Waals surface area contributed by atoms with Gasteiger partial charge in [0, 0.05) is 18.0 Å². The highest BCUT2D eigenvalue weighted by Gasteiger charge is 2.22. The molecule has 4 heteroatoms. The number of rotatable bonds is 6. The molecule has 1 aromatic heterocycles. The van der Waals surface area contributed by atoms with E-state index in [-0.39, 0.29) is 5.91 Å². The lowest BCUT2D eigenvalue weighted by Gasteiger charge is -2.28. The van der Waals surface area contributed by atoms with Gasteiger partial charge in [0.2, 0.25) is 5.91 Å². The highest BCUT2D eigenvalue weighted by Crippen LogP contribution is 2.24. The standard InChI is InChI=1S/C17H28N2OS/c1-12(2)15(13(3)4)9-18-10-17(20)19-7-5-16-14(11-19)6-8-21-16/h6,8,12-13,15,18H,5,7,9-11H2,1-4H3. The van der Waals surface area contributed by atoms with Crippen molar-refractivity contribution in [3.63, 3.8) is 0 Å². The van der Waals surface area contributed by atoms with Crippen LogP contribution >= 0.6 is 11.3 Å². The maximum atomic E-state index is 12.3. The van der Waals surface area contributed by atoms with E-state index in [0.29, 0.717) is 24.3 Å². The lowest BCUT2D eigenvalue weighted by molar-refractivity contribution is -0.131. The Hall–Kier alpha value is -0.870. The maximum Gasteiger partial charge on any atom is 0.236 e. The van der Waals surface area contributed by atoms with Gasteiger partial charge in [-0.25, -0.2) is 0 Å². The first kappa shape index (κ1) is 16.5. The molecule has 0 saturated heterocycles. The van der Waals surface area contributed by atoms with E-state index in [1.807, 2.05) is 16.2 Å². The van der Waals surface area contributed by atoms with Crippen molar-refractivity contribution in [1.29, 1.82) is 0 Å². The zero-order valence-corrected chi connectivity index (χ0v) is 14.5. The molecule has 0 bridgehead atoms. The van der Waals surface area contributed by atoms with Crippen molar-refractivity contribution in [3.8, 4) is 0 Å². The second-order valence-electron chi connectivity index (χ2n) is 6.72. The van der Waals surface area contributed by atoms with Crippen molar-refractivity contribution in [2.45, 2.75) is 40.7 Å². The second-order valence-corrected chi connectivity index (χ2v) is 7.72. The van der Waals surface area contributed by atoms with Crippen LogP contribution in [0.1, 0.15) is 38.1 Å². The molecule has 21 heavy (non-hydrogen) atoms. The van der Waals surface area contributed by atoms with Crippen LogP contribution < -0.4 is 5.32 Å². The largest absolute Gasteiger partial charge is 0.337 e. The van der Waals surface area contributed by atoms with Gasteiger partial charge in [0.05, 0.1) is 6.54 Å². The summed E-state index contributed by atoms with van der Waals surface area (Å²) >= 11 is 1.81. The van der Waals surface area contributed by atoms with Crippen molar-refractivity contribution in [2.75, 3.05) is 19.6 Å². The average molecular weight is 308 g/mol. The maximum absolute atomic E-state index is 12.3. The molecule has 118 valence electrons. The van der Waals surface area contributed by atoms with E-state index in [1.54, 1.807) is 0 Å². The smallest absolute Gasteiger partial charge is 0.236 e. The number of fused-ring (bicyclic) bond motifs is 1. The Morgan fingerprint density at radius 3 is 2.71 bits per heavy atom. The summed E-state index contributed by atoms with van der Waals surface area (Å²) in [6.45, 7) is 12.1. The number of hydrogen-bond donors (Lipinski definition) is 1. The first-order chi connectivity index (χ1) is 9.99. The molecule has 0 aromatic carbocycles. The van der Waals surface area contributed by atoms with Gasteiger partial charge in [-0.1, -0.05) is 27.7 Å². The summed E-state index contributed by atoms with van der Waals surface area (Å²) in [7, 11) is 0. The Morgan fingerprint density at radius 1 is 1.33 bits per heavy atom. The van der Waals surface area contributed by atoms with Crippen LogP contribution in [0.4, 0.5) is 0 Å². The fraction of sp³-hybridized carbons (Fsp3) is 0.706. The highest BCUT2D eigenvalue weighted by atomic mass is 32.1. The Morgan fingerprint density at radius 2 is 2.05 bits per heavy atom. The number of nitrogens with one attached hydrogen (secondary N) is 1. The number of hydrogen-bond acceptors (Lipinski definition) is 3. The van der Waals surface area contributed by atoms with Crippen LogP contribution in [-0.2, 0) is 17.8 Å². The molecule has 1 amide bonds. The molecule has 0 saturated carbocycles. The van der Waals surface area contributed by atoms with Gasteiger partial charge in [-0.05, 0) is 47.7 Å². The topological polar surface area (TPSA) is 32.3 Å². The van der Waals surface area contributed by atoms with Crippen molar-refractivity contribution in [1.82, 2.24) is 10.2 Å². The molecule has 1 N–H and O–H groups in total. The average Bonchev–Trinajstić information content (AvgIpc) is 2.89. The van der Waals surface area contributed by atoms with Crippen molar-refractivity contribution >= 4 is 17.2 Å². The van der Waals surface area contributed by atoms with Gasteiger partial charge in [0.25, 0.3) is 0 Å². The molecule has 2 rings (SSSR count). The first-order valence-electron chi connectivity index (χ1n) is 8.02. The Labute approximate surface area is 132 Å². The third-order valence-electron chi connectivity index (χ3n) is 4.53. The van der Waals surface area contributed by atoms with Crippen LogP contribution in [0.15, 0.2) is 11.4 Å².